The molecule has 3 atom stereocenters. The monoisotopic (exact) mass is 304 g/mol. The largest absolute Gasteiger partial charge is 0.493 e. The van der Waals surface area contributed by atoms with Crippen molar-refractivity contribution in [2.75, 3.05) is 6.61 Å². The first-order valence-corrected chi connectivity index (χ1v) is 8.79. The van der Waals surface area contributed by atoms with Gasteiger partial charge in [0, 0.05) is 0 Å². The molecule has 1 aromatic rings. The molecule has 0 radical (unpaired) electrons. The standard InChI is InChI=1S/C20H32O2/c1-7-11-21-18-10-9-15(13-16(18)20(4,5)6)14(3)12-19-17(8-2)22-19/h9-10,13-14,17,19H,7-8,11-12H2,1-6H3. The van der Waals surface area contributed by atoms with Crippen molar-refractivity contribution in [3.05, 3.63) is 29.3 Å². The fourth-order valence-electron chi connectivity index (χ4n) is 3.01. The smallest absolute Gasteiger partial charge is 0.123 e. The number of benzene rings is 1. The second kappa shape index (κ2) is 7.04. The molecule has 3 unspecified atom stereocenters. The Bertz CT molecular complexity index is 487. The minimum atomic E-state index is 0.0981. The predicted octanol–water partition coefficient (Wildman–Crippen LogP) is 5.44. The van der Waals surface area contributed by atoms with Crippen LogP contribution >= 0.6 is 0 Å². The minimum absolute atomic E-state index is 0.0981. The summed E-state index contributed by atoms with van der Waals surface area (Å²) in [7, 11) is 0. The highest BCUT2D eigenvalue weighted by atomic mass is 16.6. The fourth-order valence-corrected chi connectivity index (χ4v) is 3.01. The van der Waals surface area contributed by atoms with E-state index in [1.54, 1.807) is 0 Å². The van der Waals surface area contributed by atoms with Gasteiger partial charge < -0.3 is 9.47 Å². The summed E-state index contributed by atoms with van der Waals surface area (Å²) in [6, 6.07) is 6.74. The van der Waals surface area contributed by atoms with E-state index in [0.717, 1.165) is 31.6 Å². The van der Waals surface area contributed by atoms with E-state index in [1.165, 1.54) is 11.1 Å². The van der Waals surface area contributed by atoms with Crippen molar-refractivity contribution in [3.63, 3.8) is 0 Å². The third kappa shape index (κ3) is 4.25. The molecule has 2 nitrogen and oxygen atoms in total. The third-order valence-corrected chi connectivity index (χ3v) is 4.52. The van der Waals surface area contributed by atoms with Crippen LogP contribution in [0.15, 0.2) is 18.2 Å². The summed E-state index contributed by atoms with van der Waals surface area (Å²) in [6.45, 7) is 14.2. The summed E-state index contributed by atoms with van der Waals surface area (Å²) in [5.41, 5.74) is 2.81. The Morgan fingerprint density at radius 2 is 1.91 bits per heavy atom. The number of hydrogen-bond acceptors (Lipinski definition) is 2. The van der Waals surface area contributed by atoms with Crippen molar-refractivity contribution in [2.24, 2.45) is 0 Å². The van der Waals surface area contributed by atoms with Crippen LogP contribution in [0.4, 0.5) is 0 Å². The van der Waals surface area contributed by atoms with Crippen LogP contribution in [-0.2, 0) is 10.2 Å². The summed E-state index contributed by atoms with van der Waals surface area (Å²) in [5, 5.41) is 0. The Labute approximate surface area is 136 Å². The highest BCUT2D eigenvalue weighted by Gasteiger charge is 2.38. The van der Waals surface area contributed by atoms with Gasteiger partial charge in [0.25, 0.3) is 0 Å². The van der Waals surface area contributed by atoms with E-state index in [9.17, 15) is 0 Å². The van der Waals surface area contributed by atoms with Crippen molar-refractivity contribution in [1.82, 2.24) is 0 Å². The fraction of sp³-hybridized carbons (Fsp3) is 0.700. The van der Waals surface area contributed by atoms with Gasteiger partial charge in [0.05, 0.1) is 18.8 Å². The SMILES string of the molecule is CCCOc1ccc(C(C)CC2OC2CC)cc1C(C)(C)C. The van der Waals surface area contributed by atoms with Crippen molar-refractivity contribution in [3.8, 4) is 5.75 Å². The minimum Gasteiger partial charge on any atom is -0.493 e. The lowest BCUT2D eigenvalue weighted by Gasteiger charge is -2.25. The van der Waals surface area contributed by atoms with Crippen LogP contribution in [0.1, 0.15) is 77.8 Å². The van der Waals surface area contributed by atoms with Crippen molar-refractivity contribution < 1.29 is 9.47 Å². The van der Waals surface area contributed by atoms with Gasteiger partial charge in [-0.3, -0.25) is 0 Å². The molecule has 0 N–H and O–H groups in total. The molecule has 1 fully saturated rings. The molecule has 2 rings (SSSR count). The molecule has 1 aliphatic rings. The van der Waals surface area contributed by atoms with Crippen LogP contribution in [0.25, 0.3) is 0 Å². The van der Waals surface area contributed by atoms with Gasteiger partial charge in [0.2, 0.25) is 0 Å². The van der Waals surface area contributed by atoms with E-state index in [2.05, 4.69) is 59.7 Å². The Kier molecular flexibility index (Phi) is 5.55. The average molecular weight is 304 g/mol. The summed E-state index contributed by atoms with van der Waals surface area (Å²) in [6.07, 6.45) is 4.26. The van der Waals surface area contributed by atoms with Gasteiger partial charge >= 0.3 is 0 Å². The van der Waals surface area contributed by atoms with E-state index in [-0.39, 0.29) is 5.41 Å². The second-order valence-electron chi connectivity index (χ2n) is 7.61. The lowest BCUT2D eigenvalue weighted by atomic mass is 9.83. The summed E-state index contributed by atoms with van der Waals surface area (Å²) >= 11 is 0. The molecule has 0 amide bonds. The highest BCUT2D eigenvalue weighted by Crippen LogP contribution is 2.38. The molecule has 0 bridgehead atoms. The van der Waals surface area contributed by atoms with E-state index in [1.807, 2.05) is 0 Å². The van der Waals surface area contributed by atoms with E-state index in [0.29, 0.717) is 18.1 Å². The molecule has 1 heterocycles. The Morgan fingerprint density at radius 1 is 1.18 bits per heavy atom. The summed E-state index contributed by atoms with van der Waals surface area (Å²) < 4.78 is 11.7. The van der Waals surface area contributed by atoms with Crippen LogP contribution in [0, 0.1) is 0 Å². The lowest BCUT2D eigenvalue weighted by molar-refractivity contribution is 0.308. The van der Waals surface area contributed by atoms with Crippen LogP contribution in [0.3, 0.4) is 0 Å². The van der Waals surface area contributed by atoms with E-state index >= 15 is 0 Å². The molecular formula is C20H32O2. The maximum atomic E-state index is 5.95. The maximum Gasteiger partial charge on any atom is 0.123 e. The highest BCUT2D eigenvalue weighted by molar-refractivity contribution is 5.42. The summed E-state index contributed by atoms with van der Waals surface area (Å²) in [5.74, 6) is 1.57. The molecule has 2 heteroatoms. The number of rotatable bonds is 7. The van der Waals surface area contributed by atoms with Crippen molar-refractivity contribution >= 4 is 0 Å². The second-order valence-corrected chi connectivity index (χ2v) is 7.61. The van der Waals surface area contributed by atoms with Gasteiger partial charge in [-0.05, 0) is 47.8 Å². The van der Waals surface area contributed by atoms with Crippen LogP contribution in [0.2, 0.25) is 0 Å². The average Bonchev–Trinajstić information content (AvgIpc) is 3.22. The molecule has 0 saturated carbocycles. The van der Waals surface area contributed by atoms with Crippen LogP contribution < -0.4 is 4.74 Å². The number of hydrogen-bond donors (Lipinski definition) is 0. The molecule has 0 spiro atoms. The van der Waals surface area contributed by atoms with Gasteiger partial charge in [0.15, 0.2) is 0 Å². The first-order valence-electron chi connectivity index (χ1n) is 8.79. The normalized spacial score (nSPS) is 22.5. The number of epoxide rings is 1. The lowest BCUT2D eigenvalue weighted by Crippen LogP contribution is -2.15. The zero-order chi connectivity index (χ0) is 16.3. The van der Waals surface area contributed by atoms with E-state index in [4.69, 9.17) is 9.47 Å². The van der Waals surface area contributed by atoms with Gasteiger partial charge in [-0.1, -0.05) is 53.7 Å². The molecule has 0 aromatic heterocycles. The molecule has 1 saturated heterocycles. The Hall–Kier alpha value is -1.02. The topological polar surface area (TPSA) is 21.8 Å². The summed E-state index contributed by atoms with van der Waals surface area (Å²) in [4.78, 5) is 0. The third-order valence-electron chi connectivity index (χ3n) is 4.52. The zero-order valence-corrected chi connectivity index (χ0v) is 15.1. The molecule has 22 heavy (non-hydrogen) atoms. The van der Waals surface area contributed by atoms with Crippen molar-refractivity contribution in [1.29, 1.82) is 0 Å². The molecule has 1 aromatic carbocycles. The first-order chi connectivity index (χ1) is 10.4. The zero-order valence-electron chi connectivity index (χ0n) is 15.1. The predicted molar refractivity (Wildman–Crippen MR) is 92.9 cm³/mol. The molecule has 124 valence electrons. The molecule has 1 aliphatic heterocycles. The van der Waals surface area contributed by atoms with Crippen LogP contribution in [0.5, 0.6) is 5.75 Å². The van der Waals surface area contributed by atoms with Gasteiger partial charge in [0.1, 0.15) is 5.75 Å². The van der Waals surface area contributed by atoms with Gasteiger partial charge in [-0.2, -0.15) is 0 Å². The van der Waals surface area contributed by atoms with Crippen molar-refractivity contribution in [2.45, 2.75) is 84.3 Å². The first kappa shape index (κ1) is 17.3. The van der Waals surface area contributed by atoms with Gasteiger partial charge in [-0.25, -0.2) is 0 Å². The molecular weight excluding hydrogens is 272 g/mol. The Balaban J connectivity index is 2.15. The van der Waals surface area contributed by atoms with E-state index < -0.39 is 0 Å². The Morgan fingerprint density at radius 3 is 2.45 bits per heavy atom. The number of ether oxygens (including phenoxy) is 2. The van der Waals surface area contributed by atoms with Crippen LogP contribution in [-0.4, -0.2) is 18.8 Å². The quantitative estimate of drug-likeness (QED) is 0.625. The maximum absolute atomic E-state index is 5.95. The van der Waals surface area contributed by atoms with Gasteiger partial charge in [-0.15, -0.1) is 0 Å². The molecule has 0 aliphatic carbocycles.